The molecule has 0 spiro atoms. The van der Waals surface area contributed by atoms with Gasteiger partial charge in [0.1, 0.15) is 5.75 Å². The molecule has 0 aromatic heterocycles. The predicted octanol–water partition coefficient (Wildman–Crippen LogP) is 2.95. The highest BCUT2D eigenvalue weighted by molar-refractivity contribution is 5.83. The average Bonchev–Trinajstić information content (AvgIpc) is 2.65. The molecule has 0 aliphatic rings. The maximum Gasteiger partial charge on any atom is 0.220 e. The Labute approximate surface area is 174 Å². The maximum atomic E-state index is 11.9. The fourth-order valence-electron chi connectivity index (χ4n) is 2.63. The second-order valence-electron chi connectivity index (χ2n) is 8.10. The van der Waals surface area contributed by atoms with Crippen molar-refractivity contribution in [2.75, 3.05) is 32.1 Å². The van der Waals surface area contributed by atoms with E-state index >= 15 is 0 Å². The van der Waals surface area contributed by atoms with Crippen LogP contribution in [0.3, 0.4) is 0 Å². The molecular weight excluding hydrogens is 372 g/mol. The van der Waals surface area contributed by atoms with E-state index in [4.69, 9.17) is 15.2 Å². The molecule has 1 atom stereocenters. The van der Waals surface area contributed by atoms with Crippen molar-refractivity contribution in [2.45, 2.75) is 58.5 Å². The largest absolute Gasteiger partial charge is 0.494 e. The van der Waals surface area contributed by atoms with E-state index in [1.807, 2.05) is 0 Å². The highest BCUT2D eigenvalue weighted by Gasteiger charge is 2.12. The quantitative estimate of drug-likeness (QED) is 0.234. The summed E-state index contributed by atoms with van der Waals surface area (Å²) in [5, 5.41) is 12.6. The molecule has 1 aromatic rings. The Morgan fingerprint density at radius 3 is 2.72 bits per heavy atom. The lowest BCUT2D eigenvalue weighted by molar-refractivity contribution is -0.121. The third-order valence-electron chi connectivity index (χ3n) is 4.46. The van der Waals surface area contributed by atoms with Crippen molar-refractivity contribution in [3.63, 3.8) is 0 Å². The van der Waals surface area contributed by atoms with Crippen molar-refractivity contribution < 1.29 is 24.2 Å². The molecule has 0 fully saturated rings. The monoisotopic (exact) mass is 408 g/mol. The lowest BCUT2D eigenvalue weighted by Crippen LogP contribution is -2.25. The van der Waals surface area contributed by atoms with E-state index in [0.29, 0.717) is 74.8 Å². The smallest absolute Gasteiger partial charge is 0.220 e. The van der Waals surface area contributed by atoms with E-state index in [9.17, 15) is 14.7 Å². The number of rotatable bonds is 15. The number of carbonyl (C=O) groups excluding carboxylic acids is 2. The molecule has 0 saturated carbocycles. The Bertz CT molecular complexity index is 628. The number of nitrogens with two attached hydrogens (primary N) is 1. The molecule has 0 radical (unpaired) electrons. The Balaban J connectivity index is 2.04. The normalized spacial score (nSPS) is 12.4. The van der Waals surface area contributed by atoms with Gasteiger partial charge in [-0.15, -0.1) is 0 Å². The first-order chi connectivity index (χ1) is 13.7. The van der Waals surface area contributed by atoms with E-state index in [1.54, 1.807) is 32.0 Å². The fraction of sp³-hybridized carbons (Fsp3) is 0.636. The average molecular weight is 409 g/mol. The molecule has 1 unspecified atom stereocenters. The van der Waals surface area contributed by atoms with E-state index in [2.05, 4.69) is 12.2 Å². The van der Waals surface area contributed by atoms with Crippen molar-refractivity contribution in [1.82, 2.24) is 5.32 Å². The zero-order valence-corrected chi connectivity index (χ0v) is 17.9. The van der Waals surface area contributed by atoms with Crippen LogP contribution in [0.25, 0.3) is 0 Å². The number of hydrogen-bond donors (Lipinski definition) is 3. The number of hydrogen-bond acceptors (Lipinski definition) is 6. The van der Waals surface area contributed by atoms with Crippen molar-refractivity contribution >= 4 is 17.9 Å². The van der Waals surface area contributed by atoms with Gasteiger partial charge < -0.3 is 25.6 Å². The van der Waals surface area contributed by atoms with Crippen molar-refractivity contribution in [3.8, 4) is 5.75 Å². The minimum Gasteiger partial charge on any atom is -0.494 e. The number of aldehydes is 1. The lowest BCUT2D eigenvalue weighted by atomic mass is 10.1. The van der Waals surface area contributed by atoms with Crippen LogP contribution >= 0.6 is 0 Å². The van der Waals surface area contributed by atoms with Crippen LogP contribution in [-0.4, -0.2) is 49.3 Å². The number of ether oxygens (including phenoxy) is 2. The van der Waals surface area contributed by atoms with Gasteiger partial charge in [0.15, 0.2) is 6.29 Å². The van der Waals surface area contributed by atoms with Crippen LogP contribution < -0.4 is 15.8 Å². The van der Waals surface area contributed by atoms with E-state index in [1.165, 1.54) is 0 Å². The molecule has 29 heavy (non-hydrogen) atoms. The summed E-state index contributed by atoms with van der Waals surface area (Å²) in [6, 6.07) is 4.92. The number of carbonyl (C=O) groups is 2. The van der Waals surface area contributed by atoms with Gasteiger partial charge in [0.25, 0.3) is 0 Å². The molecule has 164 valence electrons. The number of benzene rings is 1. The molecule has 0 aliphatic carbocycles. The second kappa shape index (κ2) is 13.2. The Kier molecular flexibility index (Phi) is 11.3. The van der Waals surface area contributed by atoms with Crippen molar-refractivity contribution in [2.24, 2.45) is 5.92 Å². The van der Waals surface area contributed by atoms with Gasteiger partial charge in [0, 0.05) is 43.5 Å². The van der Waals surface area contributed by atoms with Crippen LogP contribution in [0.4, 0.5) is 5.69 Å². The van der Waals surface area contributed by atoms with Crippen LogP contribution in [0.15, 0.2) is 18.2 Å². The minimum atomic E-state index is -0.688. The van der Waals surface area contributed by atoms with Crippen molar-refractivity contribution in [3.05, 3.63) is 23.8 Å². The summed E-state index contributed by atoms with van der Waals surface area (Å²) in [6.07, 6.45) is 4.21. The second-order valence-corrected chi connectivity index (χ2v) is 8.10. The third-order valence-corrected chi connectivity index (χ3v) is 4.46. The first kappa shape index (κ1) is 24.9. The van der Waals surface area contributed by atoms with Gasteiger partial charge in [-0.25, -0.2) is 0 Å². The summed E-state index contributed by atoms with van der Waals surface area (Å²) in [4.78, 5) is 22.6. The summed E-state index contributed by atoms with van der Waals surface area (Å²) >= 11 is 0. The maximum absolute atomic E-state index is 11.9. The summed E-state index contributed by atoms with van der Waals surface area (Å²) in [5.74, 6) is 1.02. The van der Waals surface area contributed by atoms with Crippen LogP contribution in [0.1, 0.15) is 63.2 Å². The number of amides is 1. The summed E-state index contributed by atoms with van der Waals surface area (Å²) in [7, 11) is 0. The van der Waals surface area contributed by atoms with Gasteiger partial charge in [-0.05, 0) is 57.6 Å². The van der Waals surface area contributed by atoms with E-state index < -0.39 is 5.60 Å². The molecule has 7 heteroatoms. The molecule has 1 amide bonds. The fourth-order valence-corrected chi connectivity index (χ4v) is 2.63. The lowest BCUT2D eigenvalue weighted by Gasteiger charge is -2.18. The number of nitrogen functional groups attached to an aromatic ring is 1. The minimum absolute atomic E-state index is 0.0125. The van der Waals surface area contributed by atoms with Gasteiger partial charge in [0.2, 0.25) is 5.91 Å². The van der Waals surface area contributed by atoms with Crippen LogP contribution in [0.5, 0.6) is 5.75 Å². The highest BCUT2D eigenvalue weighted by atomic mass is 16.5. The SMILES string of the molecule is CC(CCCNC(=O)CCCOc1ccc(C=O)c(N)c1)COCCC(C)(C)O. The van der Waals surface area contributed by atoms with Gasteiger partial charge in [0.05, 0.1) is 12.2 Å². The number of anilines is 1. The molecule has 1 rings (SSSR count). The van der Waals surface area contributed by atoms with Gasteiger partial charge in [-0.1, -0.05) is 6.92 Å². The van der Waals surface area contributed by atoms with Crippen molar-refractivity contribution in [1.29, 1.82) is 0 Å². The molecule has 4 N–H and O–H groups in total. The molecular formula is C22H36N2O5. The summed E-state index contributed by atoms with van der Waals surface area (Å²) in [5.41, 5.74) is 5.86. The van der Waals surface area contributed by atoms with E-state index in [0.717, 1.165) is 12.8 Å². The topological polar surface area (TPSA) is 111 Å². The molecule has 7 nitrogen and oxygen atoms in total. The highest BCUT2D eigenvalue weighted by Crippen LogP contribution is 2.18. The van der Waals surface area contributed by atoms with Crippen LogP contribution in [0, 0.1) is 5.92 Å². The van der Waals surface area contributed by atoms with Gasteiger partial charge in [-0.2, -0.15) is 0 Å². The Morgan fingerprint density at radius 1 is 1.31 bits per heavy atom. The van der Waals surface area contributed by atoms with Gasteiger partial charge >= 0.3 is 0 Å². The molecule has 0 aliphatic heterocycles. The van der Waals surface area contributed by atoms with E-state index in [-0.39, 0.29) is 5.91 Å². The number of aliphatic hydroxyl groups is 1. The number of nitrogens with one attached hydrogen (secondary N) is 1. The standard InChI is InChI=1S/C22H36N2O5/c1-17(16-28-13-10-22(2,3)27)6-4-11-24-21(26)7-5-12-29-19-9-8-18(15-25)20(23)14-19/h8-9,14-15,17,27H,4-7,10-13,16,23H2,1-3H3,(H,24,26). The third kappa shape index (κ3) is 12.1. The Morgan fingerprint density at radius 2 is 2.07 bits per heavy atom. The van der Waals surface area contributed by atoms with Crippen LogP contribution in [0.2, 0.25) is 0 Å². The molecule has 0 saturated heterocycles. The first-order valence-corrected chi connectivity index (χ1v) is 10.3. The summed E-state index contributed by atoms with van der Waals surface area (Å²) in [6.45, 7) is 7.95. The predicted molar refractivity (Wildman–Crippen MR) is 114 cm³/mol. The summed E-state index contributed by atoms with van der Waals surface area (Å²) < 4.78 is 11.1. The van der Waals surface area contributed by atoms with Gasteiger partial charge in [-0.3, -0.25) is 9.59 Å². The molecule has 0 heterocycles. The van der Waals surface area contributed by atoms with Crippen LogP contribution in [-0.2, 0) is 9.53 Å². The first-order valence-electron chi connectivity index (χ1n) is 10.3. The zero-order valence-electron chi connectivity index (χ0n) is 17.9. The Hall–Kier alpha value is -2.12. The molecule has 1 aromatic carbocycles. The molecule has 0 bridgehead atoms. The zero-order chi connectivity index (χ0) is 21.7.